The van der Waals surface area contributed by atoms with Crippen molar-refractivity contribution in [3.8, 4) is 5.88 Å². The molecule has 0 radical (unpaired) electrons. The Morgan fingerprint density at radius 2 is 1.83 bits per heavy atom. The van der Waals surface area contributed by atoms with Crippen LogP contribution in [0.2, 0.25) is 0 Å². The lowest BCUT2D eigenvalue weighted by molar-refractivity contribution is -0.154. The third kappa shape index (κ3) is 7.13. The summed E-state index contributed by atoms with van der Waals surface area (Å²) < 4.78 is 41.5. The number of alkyl halides is 3. The van der Waals surface area contributed by atoms with Crippen LogP contribution in [0.4, 0.5) is 13.2 Å². The summed E-state index contributed by atoms with van der Waals surface area (Å²) in [7, 11) is 0. The molecule has 0 saturated carbocycles. The summed E-state index contributed by atoms with van der Waals surface area (Å²) in [5, 5.41) is 2.75. The largest absolute Gasteiger partial charge is 0.468 e. The second kappa shape index (κ2) is 9.69. The van der Waals surface area contributed by atoms with Crippen molar-refractivity contribution in [2.75, 3.05) is 6.61 Å². The maximum atomic E-state index is 12.5. The fraction of sp³-hybridized carbons (Fsp3) is 0.429. The highest BCUT2D eigenvalue weighted by atomic mass is 19.4. The summed E-state index contributed by atoms with van der Waals surface area (Å²) in [6, 6.07) is 7.14. The van der Waals surface area contributed by atoms with Gasteiger partial charge in [-0.15, -0.1) is 0 Å². The SMILES string of the molecule is Cc1cc(C(C)NC(=O)c2cccc(OCC(F)(F)F)n2)cc(CC(=O)C(C)C)n1. The number of pyridine rings is 2. The van der Waals surface area contributed by atoms with E-state index in [-0.39, 0.29) is 29.7 Å². The number of Topliss-reactive ketones (excluding diaryl/α,β-unsaturated/α-hetero) is 1. The molecule has 2 heterocycles. The standard InChI is InChI=1S/C21H24F3N3O3/c1-12(2)18(28)10-16-9-15(8-13(3)25-16)14(4)26-20(29)17-6-5-7-19(27-17)30-11-21(22,23)24/h5-9,12,14H,10-11H2,1-4H3,(H,26,29). The number of ketones is 1. The van der Waals surface area contributed by atoms with Crippen LogP contribution in [0.3, 0.4) is 0 Å². The first-order chi connectivity index (χ1) is 13.9. The van der Waals surface area contributed by atoms with Gasteiger partial charge in [0.1, 0.15) is 11.5 Å². The molecule has 0 aliphatic rings. The number of amides is 1. The molecule has 0 aromatic carbocycles. The summed E-state index contributed by atoms with van der Waals surface area (Å²) in [5.41, 5.74) is 2.01. The van der Waals surface area contributed by atoms with Crippen molar-refractivity contribution in [1.29, 1.82) is 0 Å². The van der Waals surface area contributed by atoms with Crippen LogP contribution in [0.1, 0.15) is 54.3 Å². The molecule has 1 unspecified atom stereocenters. The Kier molecular flexibility index (Phi) is 7.53. The van der Waals surface area contributed by atoms with Gasteiger partial charge < -0.3 is 10.1 Å². The van der Waals surface area contributed by atoms with E-state index in [1.807, 2.05) is 13.8 Å². The summed E-state index contributed by atoms with van der Waals surface area (Å²) in [6.07, 6.45) is -4.30. The van der Waals surface area contributed by atoms with Crippen molar-refractivity contribution in [3.63, 3.8) is 0 Å². The van der Waals surface area contributed by atoms with Crippen molar-refractivity contribution in [3.05, 3.63) is 53.0 Å². The van der Waals surface area contributed by atoms with Crippen LogP contribution in [0, 0.1) is 12.8 Å². The number of halogens is 3. The zero-order valence-corrected chi connectivity index (χ0v) is 17.2. The van der Waals surface area contributed by atoms with Crippen LogP contribution in [0.25, 0.3) is 0 Å². The maximum Gasteiger partial charge on any atom is 0.422 e. The van der Waals surface area contributed by atoms with Crippen molar-refractivity contribution in [1.82, 2.24) is 15.3 Å². The normalized spacial score (nSPS) is 12.5. The van der Waals surface area contributed by atoms with Crippen LogP contribution >= 0.6 is 0 Å². The van der Waals surface area contributed by atoms with E-state index >= 15 is 0 Å². The van der Waals surface area contributed by atoms with E-state index in [1.54, 1.807) is 26.0 Å². The van der Waals surface area contributed by atoms with Crippen LogP contribution in [0.15, 0.2) is 30.3 Å². The smallest absolute Gasteiger partial charge is 0.422 e. The molecule has 1 amide bonds. The minimum absolute atomic E-state index is 0.0654. The Labute approximate surface area is 172 Å². The lowest BCUT2D eigenvalue weighted by Crippen LogP contribution is -2.28. The number of rotatable bonds is 8. The van der Waals surface area contributed by atoms with Gasteiger partial charge in [-0.2, -0.15) is 13.2 Å². The number of hydrogen-bond acceptors (Lipinski definition) is 5. The second-order valence-corrected chi connectivity index (χ2v) is 7.29. The molecule has 30 heavy (non-hydrogen) atoms. The van der Waals surface area contributed by atoms with Gasteiger partial charge in [0, 0.05) is 29.8 Å². The second-order valence-electron chi connectivity index (χ2n) is 7.29. The highest BCUT2D eigenvalue weighted by Crippen LogP contribution is 2.19. The third-order valence-electron chi connectivity index (χ3n) is 4.22. The fourth-order valence-electron chi connectivity index (χ4n) is 2.62. The van der Waals surface area contributed by atoms with E-state index in [1.165, 1.54) is 18.2 Å². The number of nitrogens with zero attached hydrogens (tertiary/aromatic N) is 2. The summed E-state index contributed by atoms with van der Waals surface area (Å²) in [6.45, 7) is 5.70. The highest BCUT2D eigenvalue weighted by molar-refractivity contribution is 5.92. The highest BCUT2D eigenvalue weighted by Gasteiger charge is 2.28. The molecule has 0 aliphatic carbocycles. The summed E-state index contributed by atoms with van der Waals surface area (Å²) in [5.74, 6) is -0.891. The molecule has 1 atom stereocenters. The van der Waals surface area contributed by atoms with Gasteiger partial charge in [-0.1, -0.05) is 19.9 Å². The Hall–Kier alpha value is -2.97. The molecule has 0 spiro atoms. The molecule has 0 aliphatic heterocycles. The van der Waals surface area contributed by atoms with Crippen LogP contribution in [-0.4, -0.2) is 34.4 Å². The van der Waals surface area contributed by atoms with Gasteiger partial charge in [-0.3, -0.25) is 14.6 Å². The number of hydrogen-bond donors (Lipinski definition) is 1. The molecule has 162 valence electrons. The van der Waals surface area contributed by atoms with Crippen LogP contribution < -0.4 is 10.1 Å². The predicted molar refractivity (Wildman–Crippen MR) is 104 cm³/mol. The number of ether oxygens (including phenoxy) is 1. The van der Waals surface area contributed by atoms with Crippen molar-refractivity contribution < 1.29 is 27.5 Å². The van der Waals surface area contributed by atoms with Gasteiger partial charge in [0.2, 0.25) is 5.88 Å². The zero-order chi connectivity index (χ0) is 22.5. The maximum absolute atomic E-state index is 12.5. The van der Waals surface area contributed by atoms with Crippen molar-refractivity contribution in [2.45, 2.75) is 46.3 Å². The van der Waals surface area contributed by atoms with Gasteiger partial charge in [0.25, 0.3) is 5.91 Å². The molecule has 9 heteroatoms. The number of nitrogens with one attached hydrogen (secondary N) is 1. The lowest BCUT2D eigenvalue weighted by Gasteiger charge is -2.16. The van der Waals surface area contributed by atoms with E-state index in [0.29, 0.717) is 11.4 Å². The minimum Gasteiger partial charge on any atom is -0.468 e. The molecule has 2 aromatic heterocycles. The quantitative estimate of drug-likeness (QED) is 0.695. The zero-order valence-electron chi connectivity index (χ0n) is 17.2. The Balaban J connectivity index is 2.10. The molecule has 0 bridgehead atoms. The van der Waals surface area contributed by atoms with Gasteiger partial charge in [0.15, 0.2) is 6.61 Å². The van der Waals surface area contributed by atoms with Gasteiger partial charge in [-0.05, 0) is 37.6 Å². The first kappa shape index (κ1) is 23.3. The Bertz CT molecular complexity index is 914. The summed E-state index contributed by atoms with van der Waals surface area (Å²) in [4.78, 5) is 32.7. The van der Waals surface area contributed by atoms with Gasteiger partial charge in [0.05, 0.1) is 6.04 Å². The van der Waals surface area contributed by atoms with Crippen molar-refractivity contribution >= 4 is 11.7 Å². The average Bonchev–Trinajstić information content (AvgIpc) is 2.65. The lowest BCUT2D eigenvalue weighted by atomic mass is 10.0. The monoisotopic (exact) mass is 423 g/mol. The average molecular weight is 423 g/mol. The first-order valence-corrected chi connectivity index (χ1v) is 9.42. The van der Waals surface area contributed by atoms with Gasteiger partial charge in [-0.25, -0.2) is 4.98 Å². The van der Waals surface area contributed by atoms with Crippen molar-refractivity contribution in [2.24, 2.45) is 5.92 Å². The number of aryl methyl sites for hydroxylation is 1. The van der Waals surface area contributed by atoms with E-state index in [2.05, 4.69) is 20.0 Å². The van der Waals surface area contributed by atoms with Crippen LogP contribution in [0.5, 0.6) is 5.88 Å². The Morgan fingerprint density at radius 3 is 2.47 bits per heavy atom. The fourth-order valence-corrected chi connectivity index (χ4v) is 2.62. The molecular formula is C21H24F3N3O3. The van der Waals surface area contributed by atoms with E-state index < -0.39 is 24.7 Å². The molecule has 0 fully saturated rings. The minimum atomic E-state index is -4.50. The third-order valence-corrected chi connectivity index (χ3v) is 4.22. The van der Waals surface area contributed by atoms with E-state index in [9.17, 15) is 22.8 Å². The van der Waals surface area contributed by atoms with Gasteiger partial charge >= 0.3 is 6.18 Å². The molecule has 0 saturated heterocycles. The van der Waals surface area contributed by atoms with Crippen LogP contribution in [-0.2, 0) is 11.2 Å². The predicted octanol–water partition coefficient (Wildman–Crippen LogP) is 3.98. The Morgan fingerprint density at radius 1 is 1.13 bits per heavy atom. The number of aromatic nitrogens is 2. The van der Waals surface area contributed by atoms with E-state index in [0.717, 1.165) is 5.56 Å². The molecule has 2 aromatic rings. The number of carbonyl (C=O) groups is 2. The molecule has 1 N–H and O–H groups in total. The number of carbonyl (C=O) groups excluding carboxylic acids is 2. The first-order valence-electron chi connectivity index (χ1n) is 9.42. The molecular weight excluding hydrogens is 399 g/mol. The van der Waals surface area contributed by atoms with E-state index in [4.69, 9.17) is 0 Å². The molecule has 2 rings (SSSR count). The topological polar surface area (TPSA) is 81.2 Å². The summed E-state index contributed by atoms with van der Waals surface area (Å²) >= 11 is 0. The molecule has 6 nitrogen and oxygen atoms in total.